The normalized spacial score (nSPS) is 20.1. The van der Waals surface area contributed by atoms with Crippen LogP contribution in [0.2, 0.25) is 0 Å². The molecule has 1 amide bonds. The van der Waals surface area contributed by atoms with Gasteiger partial charge in [-0.2, -0.15) is 0 Å². The molecule has 0 aliphatic heterocycles. The van der Waals surface area contributed by atoms with E-state index in [4.69, 9.17) is 0 Å². The largest absolute Gasteiger partial charge is 0.352 e. The van der Waals surface area contributed by atoms with Gasteiger partial charge in [-0.1, -0.05) is 28.1 Å². The summed E-state index contributed by atoms with van der Waals surface area (Å²) in [5.41, 5.74) is 3.40. The van der Waals surface area contributed by atoms with Gasteiger partial charge in [-0.05, 0) is 48.2 Å². The van der Waals surface area contributed by atoms with Crippen molar-refractivity contribution in [2.45, 2.75) is 31.7 Å². The van der Waals surface area contributed by atoms with Gasteiger partial charge in [0.1, 0.15) is 0 Å². The molecule has 0 radical (unpaired) electrons. The summed E-state index contributed by atoms with van der Waals surface area (Å²) in [5, 5.41) is 3.12. The second-order valence-electron chi connectivity index (χ2n) is 5.55. The number of pyridine rings is 1. The van der Waals surface area contributed by atoms with Gasteiger partial charge in [-0.25, -0.2) is 0 Å². The van der Waals surface area contributed by atoms with Crippen LogP contribution < -0.4 is 5.32 Å². The standard InChI is InChI=1S/C17H17BrN2O/c1-11-10-19-7-6-13(11)8-17(21)20-16-9-15(16)12-2-4-14(18)5-3-12/h2-7,10,15-16H,8-9H2,1H3,(H,20,21)/t15-,16+/m0/s1. The number of hydrogen-bond acceptors (Lipinski definition) is 2. The number of halogens is 1. The van der Waals surface area contributed by atoms with Crippen molar-refractivity contribution in [2.24, 2.45) is 0 Å². The molecule has 21 heavy (non-hydrogen) atoms. The molecule has 1 aromatic carbocycles. The van der Waals surface area contributed by atoms with Crippen LogP contribution in [0.25, 0.3) is 0 Å². The molecule has 3 nitrogen and oxygen atoms in total. The maximum Gasteiger partial charge on any atom is 0.224 e. The maximum atomic E-state index is 12.1. The molecule has 0 bridgehead atoms. The summed E-state index contributed by atoms with van der Waals surface area (Å²) in [6.45, 7) is 1.98. The van der Waals surface area contributed by atoms with E-state index in [0.717, 1.165) is 22.0 Å². The van der Waals surface area contributed by atoms with Crippen LogP contribution >= 0.6 is 15.9 Å². The average Bonchev–Trinajstić information content (AvgIpc) is 3.21. The Balaban J connectivity index is 1.55. The molecular formula is C17H17BrN2O. The molecule has 1 aliphatic carbocycles. The van der Waals surface area contributed by atoms with E-state index in [-0.39, 0.29) is 11.9 Å². The minimum atomic E-state index is 0.0916. The number of hydrogen-bond donors (Lipinski definition) is 1. The number of aromatic nitrogens is 1. The minimum Gasteiger partial charge on any atom is -0.352 e. The van der Waals surface area contributed by atoms with Crippen molar-refractivity contribution in [1.82, 2.24) is 10.3 Å². The number of nitrogens with zero attached hydrogens (tertiary/aromatic N) is 1. The van der Waals surface area contributed by atoms with E-state index in [1.807, 2.05) is 25.1 Å². The molecule has 4 heteroatoms. The van der Waals surface area contributed by atoms with Crippen molar-refractivity contribution >= 4 is 21.8 Å². The Bertz CT molecular complexity index is 654. The van der Waals surface area contributed by atoms with Gasteiger partial charge in [0, 0.05) is 28.8 Å². The molecule has 1 heterocycles. The van der Waals surface area contributed by atoms with Crippen LogP contribution in [0.1, 0.15) is 29.0 Å². The van der Waals surface area contributed by atoms with E-state index in [9.17, 15) is 4.79 Å². The first-order valence-electron chi connectivity index (χ1n) is 7.08. The van der Waals surface area contributed by atoms with E-state index in [0.29, 0.717) is 12.3 Å². The van der Waals surface area contributed by atoms with Gasteiger partial charge in [0.15, 0.2) is 0 Å². The lowest BCUT2D eigenvalue weighted by molar-refractivity contribution is -0.120. The number of carbonyl (C=O) groups excluding carboxylic acids is 1. The lowest BCUT2D eigenvalue weighted by Gasteiger charge is -2.07. The lowest BCUT2D eigenvalue weighted by atomic mass is 10.1. The van der Waals surface area contributed by atoms with E-state index >= 15 is 0 Å². The summed E-state index contributed by atoms with van der Waals surface area (Å²) < 4.78 is 1.08. The average molecular weight is 345 g/mol. The van der Waals surface area contributed by atoms with Crippen LogP contribution in [0.3, 0.4) is 0 Å². The molecule has 0 spiro atoms. The van der Waals surface area contributed by atoms with E-state index in [1.165, 1.54) is 5.56 Å². The predicted molar refractivity (Wildman–Crippen MR) is 86.1 cm³/mol. The van der Waals surface area contributed by atoms with E-state index in [2.05, 4.69) is 38.4 Å². The van der Waals surface area contributed by atoms with Crippen molar-refractivity contribution in [3.63, 3.8) is 0 Å². The quantitative estimate of drug-likeness (QED) is 0.923. The van der Waals surface area contributed by atoms with Crippen LogP contribution in [0.4, 0.5) is 0 Å². The molecule has 1 aromatic heterocycles. The fourth-order valence-electron chi connectivity index (χ4n) is 2.56. The third-order valence-corrected chi connectivity index (χ3v) is 4.45. The first kappa shape index (κ1) is 14.3. The molecule has 1 fully saturated rings. The lowest BCUT2D eigenvalue weighted by Crippen LogP contribution is -2.28. The van der Waals surface area contributed by atoms with Crippen molar-refractivity contribution in [1.29, 1.82) is 0 Å². The van der Waals surface area contributed by atoms with Gasteiger partial charge >= 0.3 is 0 Å². The number of aryl methyl sites for hydroxylation is 1. The Labute approximate surface area is 132 Å². The molecule has 0 saturated heterocycles. The van der Waals surface area contributed by atoms with Crippen molar-refractivity contribution in [3.8, 4) is 0 Å². The summed E-state index contributed by atoms with van der Waals surface area (Å²) in [7, 11) is 0. The Morgan fingerprint density at radius 1 is 1.33 bits per heavy atom. The SMILES string of the molecule is Cc1cnccc1CC(=O)N[C@@H]1C[C@H]1c1ccc(Br)cc1. The van der Waals surface area contributed by atoms with Gasteiger partial charge in [0.05, 0.1) is 6.42 Å². The topological polar surface area (TPSA) is 42.0 Å². The maximum absolute atomic E-state index is 12.1. The fraction of sp³-hybridized carbons (Fsp3) is 0.294. The van der Waals surface area contributed by atoms with Gasteiger partial charge < -0.3 is 5.32 Å². The highest BCUT2D eigenvalue weighted by molar-refractivity contribution is 9.10. The molecular weight excluding hydrogens is 328 g/mol. The third kappa shape index (κ3) is 3.50. The van der Waals surface area contributed by atoms with Crippen LogP contribution in [-0.2, 0) is 11.2 Å². The van der Waals surface area contributed by atoms with Crippen molar-refractivity contribution in [3.05, 3.63) is 63.9 Å². The Kier molecular flexibility index (Phi) is 4.06. The Morgan fingerprint density at radius 2 is 2.10 bits per heavy atom. The Hall–Kier alpha value is -1.68. The molecule has 0 unspecified atom stereocenters. The number of rotatable bonds is 4. The molecule has 3 rings (SSSR count). The van der Waals surface area contributed by atoms with Crippen LogP contribution in [0.5, 0.6) is 0 Å². The summed E-state index contributed by atoms with van der Waals surface area (Å²) in [5.74, 6) is 0.550. The number of nitrogens with one attached hydrogen (secondary N) is 1. The summed E-state index contributed by atoms with van der Waals surface area (Å²) >= 11 is 3.44. The van der Waals surface area contributed by atoms with Crippen LogP contribution in [-0.4, -0.2) is 16.9 Å². The van der Waals surface area contributed by atoms with E-state index < -0.39 is 0 Å². The zero-order valence-electron chi connectivity index (χ0n) is 11.8. The van der Waals surface area contributed by atoms with Gasteiger partial charge in [-0.15, -0.1) is 0 Å². The number of benzene rings is 1. The van der Waals surface area contributed by atoms with Gasteiger partial charge in [-0.3, -0.25) is 9.78 Å². The molecule has 2 aromatic rings. The molecule has 1 saturated carbocycles. The summed E-state index contributed by atoms with van der Waals surface area (Å²) in [4.78, 5) is 16.2. The molecule has 1 aliphatic rings. The van der Waals surface area contributed by atoms with Gasteiger partial charge in [0.2, 0.25) is 5.91 Å². The zero-order chi connectivity index (χ0) is 14.8. The first-order chi connectivity index (χ1) is 10.1. The summed E-state index contributed by atoms with van der Waals surface area (Å²) in [6, 6.07) is 10.5. The highest BCUT2D eigenvalue weighted by Gasteiger charge is 2.39. The highest BCUT2D eigenvalue weighted by atomic mass is 79.9. The zero-order valence-corrected chi connectivity index (χ0v) is 13.4. The first-order valence-corrected chi connectivity index (χ1v) is 7.87. The second kappa shape index (κ2) is 5.98. The molecule has 2 atom stereocenters. The van der Waals surface area contributed by atoms with Crippen LogP contribution in [0, 0.1) is 6.92 Å². The fourth-order valence-corrected chi connectivity index (χ4v) is 2.83. The Morgan fingerprint density at radius 3 is 2.81 bits per heavy atom. The third-order valence-electron chi connectivity index (χ3n) is 3.92. The van der Waals surface area contributed by atoms with E-state index in [1.54, 1.807) is 12.4 Å². The smallest absolute Gasteiger partial charge is 0.224 e. The monoisotopic (exact) mass is 344 g/mol. The number of amides is 1. The van der Waals surface area contributed by atoms with Crippen LogP contribution in [0.15, 0.2) is 47.2 Å². The number of carbonyl (C=O) groups is 1. The van der Waals surface area contributed by atoms with Crippen molar-refractivity contribution < 1.29 is 4.79 Å². The second-order valence-corrected chi connectivity index (χ2v) is 6.46. The van der Waals surface area contributed by atoms with Crippen molar-refractivity contribution in [2.75, 3.05) is 0 Å². The molecule has 1 N–H and O–H groups in total. The summed E-state index contributed by atoms with van der Waals surface area (Å²) in [6.07, 6.45) is 4.99. The predicted octanol–water partition coefficient (Wildman–Crippen LogP) is 3.37. The molecule has 108 valence electrons. The van der Waals surface area contributed by atoms with Gasteiger partial charge in [0.25, 0.3) is 0 Å². The highest BCUT2D eigenvalue weighted by Crippen LogP contribution is 2.41. The minimum absolute atomic E-state index is 0.0916.